The number of rotatable bonds is 5. The minimum atomic E-state index is -3.54. The third-order valence-electron chi connectivity index (χ3n) is 4.30. The lowest BCUT2D eigenvalue weighted by molar-refractivity contribution is -0.122. The van der Waals surface area contributed by atoms with Gasteiger partial charge in [0.15, 0.2) is 0 Å². The van der Waals surface area contributed by atoms with Gasteiger partial charge in [-0.15, -0.1) is 0 Å². The van der Waals surface area contributed by atoms with Gasteiger partial charge in [0.05, 0.1) is 11.9 Å². The molecule has 0 spiro atoms. The largest absolute Gasteiger partial charge is 0.352 e. The van der Waals surface area contributed by atoms with Gasteiger partial charge in [-0.1, -0.05) is 43.9 Å². The van der Waals surface area contributed by atoms with E-state index in [-0.39, 0.29) is 11.9 Å². The molecule has 1 amide bonds. The minimum absolute atomic E-state index is 0.157. The highest BCUT2D eigenvalue weighted by molar-refractivity contribution is 7.92. The average Bonchev–Trinajstić information content (AvgIpc) is 2.75. The van der Waals surface area contributed by atoms with Crippen LogP contribution in [0.1, 0.15) is 45.4 Å². The summed E-state index contributed by atoms with van der Waals surface area (Å²) in [5, 5.41) is 3.04. The lowest BCUT2D eigenvalue weighted by atomic mass is 10.1. The zero-order valence-electron chi connectivity index (χ0n) is 13.9. The van der Waals surface area contributed by atoms with Crippen molar-refractivity contribution in [1.29, 1.82) is 0 Å². The summed E-state index contributed by atoms with van der Waals surface area (Å²) in [5.74, 6) is -0.230. The van der Waals surface area contributed by atoms with Crippen molar-refractivity contribution in [2.24, 2.45) is 0 Å². The second-order valence-electron chi connectivity index (χ2n) is 6.27. The van der Waals surface area contributed by atoms with Crippen LogP contribution in [0.2, 0.25) is 0 Å². The number of benzene rings is 1. The molecule has 23 heavy (non-hydrogen) atoms. The van der Waals surface area contributed by atoms with Crippen LogP contribution in [0, 0.1) is 0 Å². The Morgan fingerprint density at radius 1 is 1.13 bits per heavy atom. The Kier molecular flexibility index (Phi) is 6.04. The first kappa shape index (κ1) is 17.8. The highest BCUT2D eigenvalue weighted by Gasteiger charge is 2.30. The Balaban J connectivity index is 2.13. The summed E-state index contributed by atoms with van der Waals surface area (Å²) in [7, 11) is -3.54. The summed E-state index contributed by atoms with van der Waals surface area (Å²) in [6.45, 7) is 1.64. The zero-order valence-corrected chi connectivity index (χ0v) is 14.7. The molecule has 0 aromatic heterocycles. The van der Waals surface area contributed by atoms with Gasteiger partial charge in [0.2, 0.25) is 15.9 Å². The first-order valence-electron chi connectivity index (χ1n) is 8.24. The van der Waals surface area contributed by atoms with Crippen molar-refractivity contribution in [1.82, 2.24) is 5.32 Å². The van der Waals surface area contributed by atoms with Crippen molar-refractivity contribution >= 4 is 21.6 Å². The Morgan fingerprint density at radius 2 is 1.70 bits per heavy atom. The maximum atomic E-state index is 12.6. The molecule has 1 aliphatic rings. The minimum Gasteiger partial charge on any atom is -0.352 e. The first-order chi connectivity index (χ1) is 10.9. The van der Waals surface area contributed by atoms with Gasteiger partial charge in [-0.2, -0.15) is 0 Å². The summed E-state index contributed by atoms with van der Waals surface area (Å²) >= 11 is 0. The van der Waals surface area contributed by atoms with Crippen molar-refractivity contribution in [2.75, 3.05) is 10.6 Å². The third kappa shape index (κ3) is 4.96. The topological polar surface area (TPSA) is 66.5 Å². The second kappa shape index (κ2) is 7.81. The number of carbonyl (C=O) groups excluding carboxylic acids is 1. The Bertz CT molecular complexity index is 608. The number of hydrogen-bond donors (Lipinski definition) is 1. The molecule has 128 valence electrons. The number of anilines is 1. The van der Waals surface area contributed by atoms with Gasteiger partial charge in [-0.25, -0.2) is 8.42 Å². The van der Waals surface area contributed by atoms with Gasteiger partial charge < -0.3 is 5.32 Å². The number of sulfonamides is 1. The smallest absolute Gasteiger partial charge is 0.243 e. The maximum Gasteiger partial charge on any atom is 0.243 e. The fraction of sp³-hybridized carbons (Fsp3) is 0.588. The molecule has 0 radical (unpaired) electrons. The van der Waals surface area contributed by atoms with Crippen molar-refractivity contribution in [3.63, 3.8) is 0 Å². The second-order valence-corrected chi connectivity index (χ2v) is 8.13. The fourth-order valence-corrected chi connectivity index (χ4v) is 4.30. The molecule has 1 aromatic rings. The van der Waals surface area contributed by atoms with Gasteiger partial charge in [0, 0.05) is 6.04 Å². The first-order valence-corrected chi connectivity index (χ1v) is 10.1. The molecule has 0 heterocycles. The van der Waals surface area contributed by atoms with Crippen LogP contribution < -0.4 is 9.62 Å². The predicted octanol–water partition coefficient (Wildman–Crippen LogP) is 2.68. The Morgan fingerprint density at radius 3 is 2.22 bits per heavy atom. The molecule has 1 aliphatic carbocycles. The molecule has 0 saturated heterocycles. The van der Waals surface area contributed by atoms with Crippen LogP contribution in [0.3, 0.4) is 0 Å². The molecular weight excluding hydrogens is 312 g/mol. The summed E-state index contributed by atoms with van der Waals surface area (Å²) < 4.78 is 25.5. The number of amides is 1. The van der Waals surface area contributed by atoms with Crippen molar-refractivity contribution < 1.29 is 13.2 Å². The maximum absolute atomic E-state index is 12.6. The molecule has 2 rings (SSSR count). The summed E-state index contributed by atoms with van der Waals surface area (Å²) in [5.41, 5.74) is 0.513. The van der Waals surface area contributed by atoms with Crippen LogP contribution in [0.25, 0.3) is 0 Å². The van der Waals surface area contributed by atoms with E-state index in [1.165, 1.54) is 17.1 Å². The van der Waals surface area contributed by atoms with Crippen LogP contribution in [0.5, 0.6) is 0 Å². The van der Waals surface area contributed by atoms with Crippen LogP contribution in [-0.4, -0.2) is 32.7 Å². The van der Waals surface area contributed by atoms with Crippen LogP contribution in [-0.2, 0) is 14.8 Å². The lowest BCUT2D eigenvalue weighted by Gasteiger charge is -2.29. The van der Waals surface area contributed by atoms with Crippen molar-refractivity contribution in [3.05, 3.63) is 30.3 Å². The highest BCUT2D eigenvalue weighted by atomic mass is 32.2. The number of carbonyl (C=O) groups is 1. The van der Waals surface area contributed by atoms with E-state index in [0.29, 0.717) is 5.69 Å². The molecular formula is C17H26N2O3S. The number of nitrogens with zero attached hydrogens (tertiary/aromatic N) is 1. The number of nitrogens with one attached hydrogen (secondary N) is 1. The third-order valence-corrected chi connectivity index (χ3v) is 5.54. The SMILES string of the molecule is CC(C(=O)NC1CCCCCC1)N(c1ccccc1)S(C)(=O)=O. The van der Waals surface area contributed by atoms with Crippen molar-refractivity contribution in [3.8, 4) is 0 Å². The molecule has 1 atom stereocenters. The van der Waals surface area contributed by atoms with E-state index in [9.17, 15) is 13.2 Å². The molecule has 6 heteroatoms. The molecule has 0 aliphatic heterocycles. The van der Waals surface area contributed by atoms with Crippen LogP contribution in [0.4, 0.5) is 5.69 Å². The van der Waals surface area contributed by atoms with Gasteiger partial charge in [0.25, 0.3) is 0 Å². The molecule has 1 unspecified atom stereocenters. The summed E-state index contributed by atoms with van der Waals surface area (Å²) in [6, 6.07) is 8.15. The molecule has 1 N–H and O–H groups in total. The van der Waals surface area contributed by atoms with Gasteiger partial charge in [-0.3, -0.25) is 9.10 Å². The van der Waals surface area contributed by atoms with Gasteiger partial charge in [0.1, 0.15) is 6.04 Å². The normalized spacial score (nSPS) is 18.0. The van der Waals surface area contributed by atoms with Crippen LogP contribution >= 0.6 is 0 Å². The van der Waals surface area contributed by atoms with Crippen molar-refractivity contribution in [2.45, 2.75) is 57.5 Å². The molecule has 1 saturated carbocycles. The monoisotopic (exact) mass is 338 g/mol. The predicted molar refractivity (Wildman–Crippen MR) is 92.9 cm³/mol. The van der Waals surface area contributed by atoms with E-state index in [2.05, 4.69) is 5.32 Å². The lowest BCUT2D eigenvalue weighted by Crippen LogP contribution is -2.50. The highest BCUT2D eigenvalue weighted by Crippen LogP contribution is 2.21. The van der Waals surface area contributed by atoms with E-state index >= 15 is 0 Å². The molecule has 0 bridgehead atoms. The summed E-state index contributed by atoms with van der Waals surface area (Å²) in [4.78, 5) is 12.6. The fourth-order valence-electron chi connectivity index (χ4n) is 3.13. The molecule has 1 fully saturated rings. The van der Waals surface area contributed by atoms with E-state index in [1.54, 1.807) is 31.2 Å². The average molecular weight is 338 g/mol. The van der Waals surface area contributed by atoms with E-state index in [0.717, 1.165) is 31.9 Å². The van der Waals surface area contributed by atoms with E-state index in [1.807, 2.05) is 6.07 Å². The molecule has 1 aromatic carbocycles. The number of para-hydroxylation sites is 1. The van der Waals surface area contributed by atoms with E-state index in [4.69, 9.17) is 0 Å². The van der Waals surface area contributed by atoms with Crippen LogP contribution in [0.15, 0.2) is 30.3 Å². The quantitative estimate of drug-likeness (QED) is 0.840. The molecule has 5 nitrogen and oxygen atoms in total. The van der Waals surface area contributed by atoms with Gasteiger partial charge >= 0.3 is 0 Å². The van der Waals surface area contributed by atoms with E-state index < -0.39 is 16.1 Å². The number of hydrogen-bond acceptors (Lipinski definition) is 3. The van der Waals surface area contributed by atoms with Gasteiger partial charge in [-0.05, 0) is 31.9 Å². The summed E-state index contributed by atoms with van der Waals surface area (Å²) in [6.07, 6.45) is 7.74. The Labute approximate surface area is 139 Å². The Hall–Kier alpha value is -1.56. The zero-order chi connectivity index (χ0) is 16.9. The standard InChI is InChI=1S/C17H26N2O3S/c1-14(17(20)18-15-10-6-3-4-7-11-15)19(23(2,21)22)16-12-8-5-9-13-16/h5,8-9,12-15H,3-4,6-7,10-11H2,1-2H3,(H,18,20).